The summed E-state index contributed by atoms with van der Waals surface area (Å²) < 4.78 is 22.7. The van der Waals surface area contributed by atoms with Crippen molar-refractivity contribution in [2.24, 2.45) is 0 Å². The van der Waals surface area contributed by atoms with E-state index in [0.29, 0.717) is 0 Å². The monoisotopic (exact) mass is 200 g/mol. The van der Waals surface area contributed by atoms with Crippen LogP contribution >= 0.6 is 0 Å². The second-order valence-corrected chi connectivity index (χ2v) is 2.48. The van der Waals surface area contributed by atoms with E-state index in [1.807, 2.05) is 0 Å². The predicted octanol–water partition coefficient (Wildman–Crippen LogP) is 1.36. The molecule has 0 atom stereocenters. The fourth-order valence-corrected chi connectivity index (χ4v) is 1.09. The fourth-order valence-electron chi connectivity index (χ4n) is 1.09. The Morgan fingerprint density at radius 3 is 2.50 bits per heavy atom. The molecular formula is C9H9FO4. The molecule has 0 bridgehead atoms. The van der Waals surface area contributed by atoms with Crippen LogP contribution in [0.5, 0.6) is 17.2 Å². The molecule has 1 rings (SSSR count). The van der Waals surface area contributed by atoms with Crippen molar-refractivity contribution in [2.75, 3.05) is 14.2 Å². The molecule has 1 aromatic rings. The van der Waals surface area contributed by atoms with Crippen LogP contribution in [0.2, 0.25) is 0 Å². The van der Waals surface area contributed by atoms with Gasteiger partial charge in [-0.25, -0.2) is 4.39 Å². The number of hydrogen-bond acceptors (Lipinski definition) is 4. The van der Waals surface area contributed by atoms with Crippen molar-refractivity contribution in [3.8, 4) is 17.2 Å². The van der Waals surface area contributed by atoms with E-state index in [1.165, 1.54) is 14.2 Å². The maximum atomic E-state index is 13.1. The van der Waals surface area contributed by atoms with E-state index in [9.17, 15) is 9.18 Å². The summed E-state index contributed by atoms with van der Waals surface area (Å²) in [6.45, 7) is 0. The highest BCUT2D eigenvalue weighted by Gasteiger charge is 2.18. The van der Waals surface area contributed by atoms with Crippen LogP contribution in [0.3, 0.4) is 0 Å². The third kappa shape index (κ3) is 1.48. The molecule has 0 saturated heterocycles. The Hall–Kier alpha value is -1.78. The molecule has 0 aliphatic rings. The Morgan fingerprint density at radius 2 is 2.07 bits per heavy atom. The average Bonchev–Trinajstić information content (AvgIpc) is 2.20. The van der Waals surface area contributed by atoms with Crippen molar-refractivity contribution >= 4 is 6.29 Å². The van der Waals surface area contributed by atoms with Gasteiger partial charge in [0.2, 0.25) is 0 Å². The Kier molecular flexibility index (Phi) is 2.91. The number of phenolic OH excluding ortho intramolecular Hbond substituents is 1. The van der Waals surface area contributed by atoms with Gasteiger partial charge in [0.05, 0.1) is 19.8 Å². The molecule has 0 spiro atoms. The highest BCUT2D eigenvalue weighted by Crippen LogP contribution is 2.36. The minimum atomic E-state index is -1.02. The van der Waals surface area contributed by atoms with E-state index in [0.717, 1.165) is 6.07 Å². The third-order valence-corrected chi connectivity index (χ3v) is 1.74. The smallest absolute Gasteiger partial charge is 0.179 e. The highest BCUT2D eigenvalue weighted by atomic mass is 19.1. The largest absolute Gasteiger partial charge is 0.505 e. The van der Waals surface area contributed by atoms with Crippen LogP contribution in [-0.2, 0) is 0 Å². The number of carbonyl (C=O) groups excluding carboxylic acids is 1. The molecule has 5 heteroatoms. The van der Waals surface area contributed by atoms with E-state index in [1.54, 1.807) is 0 Å². The summed E-state index contributed by atoms with van der Waals surface area (Å²) in [7, 11) is 2.60. The molecule has 14 heavy (non-hydrogen) atoms. The maximum absolute atomic E-state index is 13.1. The number of hydrogen-bond donors (Lipinski definition) is 1. The number of aldehydes is 1. The molecule has 1 N–H and O–H groups in total. The van der Waals surface area contributed by atoms with Gasteiger partial charge in [0.15, 0.2) is 29.4 Å². The molecule has 0 radical (unpaired) electrons. The number of carbonyl (C=O) groups is 1. The van der Waals surface area contributed by atoms with Gasteiger partial charge in [-0.15, -0.1) is 0 Å². The molecule has 0 saturated carbocycles. The molecule has 76 valence electrons. The molecule has 4 nitrogen and oxygen atoms in total. The summed E-state index contributed by atoms with van der Waals surface area (Å²) in [5.74, 6) is -1.59. The molecule has 0 unspecified atom stereocenters. The lowest BCUT2D eigenvalue weighted by Crippen LogP contribution is -1.98. The summed E-state index contributed by atoms with van der Waals surface area (Å²) in [4.78, 5) is 10.5. The van der Waals surface area contributed by atoms with Gasteiger partial charge in [-0.2, -0.15) is 0 Å². The molecule has 0 aliphatic heterocycles. The Bertz CT molecular complexity index is 362. The SMILES string of the molecule is COc1cc(O)c(F)c(C=O)c1OC. The average molecular weight is 200 g/mol. The van der Waals surface area contributed by atoms with Crippen LogP contribution in [0.1, 0.15) is 10.4 Å². The van der Waals surface area contributed by atoms with E-state index in [4.69, 9.17) is 14.6 Å². The number of halogens is 1. The van der Waals surface area contributed by atoms with Crippen LogP contribution in [0.4, 0.5) is 4.39 Å². The van der Waals surface area contributed by atoms with Crippen molar-refractivity contribution in [1.29, 1.82) is 0 Å². The van der Waals surface area contributed by atoms with Crippen molar-refractivity contribution < 1.29 is 23.8 Å². The molecule has 0 aliphatic carbocycles. The van der Waals surface area contributed by atoms with Crippen molar-refractivity contribution in [2.45, 2.75) is 0 Å². The highest BCUT2D eigenvalue weighted by molar-refractivity contribution is 5.82. The standard InChI is InChI=1S/C9H9FO4/c1-13-7-3-6(12)8(10)5(4-11)9(7)14-2/h3-4,12H,1-2H3. The summed E-state index contributed by atoms with van der Waals surface area (Å²) in [5.41, 5.74) is -0.357. The Labute approximate surface area is 79.9 Å². The summed E-state index contributed by atoms with van der Waals surface area (Å²) in [5, 5.41) is 9.09. The first-order valence-corrected chi connectivity index (χ1v) is 3.74. The second-order valence-electron chi connectivity index (χ2n) is 2.48. The van der Waals surface area contributed by atoms with Gasteiger partial charge >= 0.3 is 0 Å². The normalized spacial score (nSPS) is 9.64. The Balaban J connectivity index is 3.49. The van der Waals surface area contributed by atoms with Crippen molar-refractivity contribution in [3.63, 3.8) is 0 Å². The molecule has 1 aromatic carbocycles. The third-order valence-electron chi connectivity index (χ3n) is 1.74. The summed E-state index contributed by atoms with van der Waals surface area (Å²) >= 11 is 0. The van der Waals surface area contributed by atoms with Crippen molar-refractivity contribution in [1.82, 2.24) is 0 Å². The van der Waals surface area contributed by atoms with E-state index < -0.39 is 11.6 Å². The first-order chi connectivity index (χ1) is 6.65. The Morgan fingerprint density at radius 1 is 1.43 bits per heavy atom. The van der Waals surface area contributed by atoms with Gasteiger partial charge in [-0.05, 0) is 0 Å². The first-order valence-electron chi connectivity index (χ1n) is 3.74. The molecule has 0 amide bonds. The van der Waals surface area contributed by atoms with Gasteiger partial charge < -0.3 is 14.6 Å². The van der Waals surface area contributed by atoms with Gasteiger partial charge in [0, 0.05) is 6.07 Å². The van der Waals surface area contributed by atoms with Crippen LogP contribution in [0.15, 0.2) is 6.07 Å². The molecular weight excluding hydrogens is 191 g/mol. The van der Waals surface area contributed by atoms with Crippen LogP contribution in [0, 0.1) is 5.82 Å². The zero-order chi connectivity index (χ0) is 10.7. The molecule has 0 aromatic heterocycles. The quantitative estimate of drug-likeness (QED) is 0.748. The van der Waals surface area contributed by atoms with Crippen molar-refractivity contribution in [3.05, 3.63) is 17.4 Å². The summed E-state index contributed by atoms with van der Waals surface area (Å²) in [6, 6.07) is 1.04. The van der Waals surface area contributed by atoms with E-state index >= 15 is 0 Å². The van der Waals surface area contributed by atoms with Crippen LogP contribution in [-0.4, -0.2) is 25.6 Å². The molecule has 0 heterocycles. The van der Waals surface area contributed by atoms with E-state index in [-0.39, 0.29) is 23.3 Å². The predicted molar refractivity (Wildman–Crippen MR) is 46.6 cm³/mol. The number of ether oxygens (including phenoxy) is 2. The number of benzene rings is 1. The number of phenols is 1. The second kappa shape index (κ2) is 3.95. The lowest BCUT2D eigenvalue weighted by Gasteiger charge is -2.10. The van der Waals surface area contributed by atoms with Gasteiger partial charge in [-0.3, -0.25) is 4.79 Å². The molecule has 0 fully saturated rings. The van der Waals surface area contributed by atoms with Crippen LogP contribution in [0.25, 0.3) is 0 Å². The fraction of sp³-hybridized carbons (Fsp3) is 0.222. The minimum Gasteiger partial charge on any atom is -0.505 e. The lowest BCUT2D eigenvalue weighted by molar-refractivity contribution is 0.111. The van der Waals surface area contributed by atoms with E-state index in [2.05, 4.69) is 0 Å². The summed E-state index contributed by atoms with van der Waals surface area (Å²) in [6.07, 6.45) is 0.260. The number of rotatable bonds is 3. The first kappa shape index (κ1) is 10.3. The van der Waals surface area contributed by atoms with Gasteiger partial charge in [-0.1, -0.05) is 0 Å². The zero-order valence-electron chi connectivity index (χ0n) is 7.70. The van der Waals surface area contributed by atoms with Gasteiger partial charge in [0.25, 0.3) is 0 Å². The number of methoxy groups -OCH3 is 2. The topological polar surface area (TPSA) is 55.8 Å². The maximum Gasteiger partial charge on any atom is 0.179 e. The van der Waals surface area contributed by atoms with Gasteiger partial charge in [0.1, 0.15) is 0 Å². The number of aromatic hydroxyl groups is 1. The van der Waals surface area contributed by atoms with Crippen LogP contribution < -0.4 is 9.47 Å². The lowest BCUT2D eigenvalue weighted by atomic mass is 10.1. The zero-order valence-corrected chi connectivity index (χ0v) is 7.70. The minimum absolute atomic E-state index is 0.0298.